The first kappa shape index (κ1) is 15.7. The third-order valence-corrected chi connectivity index (χ3v) is 0. The summed E-state index contributed by atoms with van der Waals surface area (Å²) in [6.07, 6.45) is 3.28. The maximum Gasteiger partial charge on any atom is 0.0148 e. The van der Waals surface area contributed by atoms with E-state index in [9.17, 15) is 4.21 Å². The second-order valence-corrected chi connectivity index (χ2v) is 2.22. The number of hydrogen-bond donors (Lipinski definition) is 0. The number of rotatable bonds is 0. The molecule has 0 N–H and O–H groups in total. The van der Waals surface area contributed by atoms with Crippen LogP contribution in [0.3, 0.4) is 0 Å². The topological polar surface area (TPSA) is 17.1 Å². The van der Waals surface area contributed by atoms with Crippen LogP contribution in [-0.2, 0) is 44.9 Å². The smallest absolute Gasteiger partial charge is 0.0148 e. The van der Waals surface area contributed by atoms with Crippen LogP contribution < -0.4 is 0 Å². The number of hydrogen-bond acceptors (Lipinski definition) is 1. The summed E-state index contributed by atoms with van der Waals surface area (Å²) in [7, 11) is -0.611. The van der Waals surface area contributed by atoms with Crippen LogP contribution in [0.5, 0.6) is 0 Å². The van der Waals surface area contributed by atoms with E-state index in [0.29, 0.717) is 0 Å². The van der Waals surface area contributed by atoms with Gasteiger partial charge in [0.25, 0.3) is 0 Å². The van der Waals surface area contributed by atoms with Gasteiger partial charge in [0, 0.05) is 57.4 Å². The van der Waals surface area contributed by atoms with E-state index < -0.39 is 10.8 Å². The van der Waals surface area contributed by atoms with E-state index in [-0.39, 0.29) is 34.1 Å². The van der Waals surface area contributed by atoms with Gasteiger partial charge in [0.05, 0.1) is 0 Å². The molecule has 0 aromatic carbocycles. The van der Waals surface area contributed by atoms with Crippen molar-refractivity contribution in [1.82, 2.24) is 0 Å². The molecular weight excluding hydrogens is 199 g/mol. The molecule has 1 nitrogen and oxygen atoms in total. The minimum absolute atomic E-state index is 0. The van der Waals surface area contributed by atoms with Crippen molar-refractivity contribution >= 4 is 10.8 Å². The van der Waals surface area contributed by atoms with E-state index in [0.717, 1.165) is 0 Å². The van der Waals surface area contributed by atoms with Crippen molar-refractivity contribution in [3.8, 4) is 0 Å². The van der Waals surface area contributed by atoms with Crippen molar-refractivity contribution in [3.63, 3.8) is 0 Å². The summed E-state index contributed by atoms with van der Waals surface area (Å²) in [6, 6.07) is 0. The Balaban J connectivity index is -0.0000000450. The van der Waals surface area contributed by atoms with Crippen LogP contribution in [0.2, 0.25) is 0 Å². The maximum absolute atomic E-state index is 9.56. The van der Waals surface area contributed by atoms with Crippen molar-refractivity contribution in [1.29, 1.82) is 0 Å². The van der Waals surface area contributed by atoms with Gasteiger partial charge in [-0.25, -0.2) is 0 Å². The van der Waals surface area contributed by atoms with Gasteiger partial charge in [-0.1, -0.05) is 0 Å². The fourth-order valence-electron chi connectivity index (χ4n) is 0. The average molecular weight is 205 g/mol. The van der Waals surface area contributed by atoms with Crippen LogP contribution >= 0.6 is 0 Å². The normalized spacial score (nSPS) is 5.83. The summed E-state index contributed by atoms with van der Waals surface area (Å²) >= 11 is 0. The molecule has 0 unspecified atom stereocenters. The van der Waals surface area contributed by atoms with Crippen molar-refractivity contribution in [2.75, 3.05) is 12.5 Å². The Morgan fingerprint density at radius 3 is 1.17 bits per heavy atom. The predicted molar refractivity (Wildman–Crippen MR) is 20.0 cm³/mol. The second-order valence-electron chi connectivity index (χ2n) is 0.742. The van der Waals surface area contributed by atoms with Crippen molar-refractivity contribution < 1.29 is 38.3 Å². The Morgan fingerprint density at radius 1 is 1.17 bits per heavy atom. The van der Waals surface area contributed by atoms with Crippen LogP contribution in [0.1, 0.15) is 0 Å². The molecule has 0 saturated heterocycles. The Hall–Kier alpha value is 1.19. The Bertz CT molecular complexity index is 34.5. The third-order valence-electron chi connectivity index (χ3n) is 0. The van der Waals surface area contributed by atoms with Gasteiger partial charge in [-0.05, 0) is 0 Å². The molecule has 0 aromatic rings. The molecule has 0 bridgehead atoms. The second kappa shape index (κ2) is 9.50. The molecule has 0 aromatic heterocycles. The fraction of sp³-hybridized carbons (Fsp3) is 1.00. The molecule has 0 aliphatic carbocycles. The molecule has 6 heavy (non-hydrogen) atoms. The van der Waals surface area contributed by atoms with E-state index in [4.69, 9.17) is 0 Å². The first-order chi connectivity index (χ1) is 1.73. The summed E-state index contributed by atoms with van der Waals surface area (Å²) in [5.74, 6) is 0. The van der Waals surface area contributed by atoms with Crippen LogP contribution in [0.25, 0.3) is 0 Å². The van der Waals surface area contributed by atoms with Crippen LogP contribution in [0.4, 0.5) is 0 Å². The summed E-state index contributed by atoms with van der Waals surface area (Å²) < 4.78 is 9.56. The summed E-state index contributed by atoms with van der Waals surface area (Å²) in [4.78, 5) is 0. The molecular formula is C2H6Cu2OS. The maximum atomic E-state index is 9.56. The molecule has 0 heterocycles. The van der Waals surface area contributed by atoms with E-state index in [1.807, 2.05) is 0 Å². The Kier molecular flexibility index (Phi) is 24.8. The van der Waals surface area contributed by atoms with Gasteiger partial charge in [0.1, 0.15) is 0 Å². The molecule has 0 aliphatic heterocycles. The minimum Gasteiger partial charge on any atom is -0.260 e. The SMILES string of the molecule is CS(C)=O.[Cu].[Cu]. The molecule has 0 amide bonds. The largest absolute Gasteiger partial charge is 0.260 e. The van der Waals surface area contributed by atoms with Gasteiger partial charge >= 0.3 is 0 Å². The van der Waals surface area contributed by atoms with Crippen molar-refractivity contribution in [2.24, 2.45) is 0 Å². The van der Waals surface area contributed by atoms with Gasteiger partial charge < -0.3 is 0 Å². The van der Waals surface area contributed by atoms with Crippen molar-refractivity contribution in [2.45, 2.75) is 0 Å². The summed E-state index contributed by atoms with van der Waals surface area (Å²) in [5.41, 5.74) is 0. The van der Waals surface area contributed by atoms with Gasteiger partial charge in [-0.2, -0.15) is 0 Å². The molecule has 4 heteroatoms. The van der Waals surface area contributed by atoms with E-state index in [2.05, 4.69) is 0 Å². The first-order valence-corrected chi connectivity index (χ1v) is 2.95. The average Bonchev–Trinajstić information content (AvgIpc) is 0.811. The molecule has 0 saturated carbocycles. The standard InChI is InChI=1S/C2H6OS.2Cu/c1-4(2)3;;/h1-2H3;;. The first-order valence-electron chi connectivity index (χ1n) is 0.983. The van der Waals surface area contributed by atoms with Gasteiger partial charge in [0.2, 0.25) is 0 Å². The summed E-state index contributed by atoms with van der Waals surface area (Å²) in [5, 5.41) is 0. The Morgan fingerprint density at radius 2 is 1.17 bits per heavy atom. The quantitative estimate of drug-likeness (QED) is 0.508. The molecule has 0 fully saturated rings. The van der Waals surface area contributed by atoms with Gasteiger partial charge in [-0.3, -0.25) is 4.21 Å². The molecule has 0 rings (SSSR count). The van der Waals surface area contributed by atoms with Crippen LogP contribution in [-0.4, -0.2) is 16.7 Å². The zero-order chi connectivity index (χ0) is 3.58. The molecule has 48 valence electrons. The fourth-order valence-corrected chi connectivity index (χ4v) is 0. The molecule has 0 spiro atoms. The zero-order valence-electron chi connectivity index (χ0n) is 3.42. The van der Waals surface area contributed by atoms with E-state index >= 15 is 0 Å². The Labute approximate surface area is 61.7 Å². The predicted octanol–water partition coefficient (Wildman–Crippen LogP) is -0.0103. The van der Waals surface area contributed by atoms with E-state index in [1.165, 1.54) is 0 Å². The zero-order valence-corrected chi connectivity index (χ0v) is 6.12. The van der Waals surface area contributed by atoms with Gasteiger partial charge in [0.15, 0.2) is 0 Å². The van der Waals surface area contributed by atoms with Crippen LogP contribution in [0.15, 0.2) is 0 Å². The summed E-state index contributed by atoms with van der Waals surface area (Å²) in [6.45, 7) is 0. The molecule has 0 atom stereocenters. The van der Waals surface area contributed by atoms with Crippen molar-refractivity contribution in [3.05, 3.63) is 0 Å². The van der Waals surface area contributed by atoms with Crippen LogP contribution in [0, 0.1) is 0 Å². The monoisotopic (exact) mass is 204 g/mol. The third kappa shape index (κ3) is 64.4. The van der Waals surface area contributed by atoms with E-state index in [1.54, 1.807) is 12.5 Å². The molecule has 2 radical (unpaired) electrons. The minimum atomic E-state index is -0.611. The molecule has 0 aliphatic rings. The van der Waals surface area contributed by atoms with Gasteiger partial charge in [-0.15, -0.1) is 0 Å².